The van der Waals surface area contributed by atoms with Gasteiger partial charge in [-0.15, -0.1) is 11.8 Å². The third kappa shape index (κ3) is 5.66. The lowest BCUT2D eigenvalue weighted by molar-refractivity contribution is -0.129. The molecule has 32 heavy (non-hydrogen) atoms. The van der Waals surface area contributed by atoms with E-state index in [0.717, 1.165) is 29.9 Å². The number of para-hydroxylation sites is 1. The largest absolute Gasteiger partial charge is 0.493 e. The summed E-state index contributed by atoms with van der Waals surface area (Å²) in [6.45, 7) is 1.17. The molecule has 1 N–H and O–H groups in total. The van der Waals surface area contributed by atoms with Gasteiger partial charge in [0.05, 0.1) is 17.9 Å². The van der Waals surface area contributed by atoms with Crippen LogP contribution in [-0.4, -0.2) is 48.7 Å². The minimum absolute atomic E-state index is 0.0972. The van der Waals surface area contributed by atoms with Crippen LogP contribution in [0.3, 0.4) is 0 Å². The second kappa shape index (κ2) is 10.9. The van der Waals surface area contributed by atoms with Crippen molar-refractivity contribution < 1.29 is 14.3 Å². The fourth-order valence-electron chi connectivity index (χ4n) is 4.55. The van der Waals surface area contributed by atoms with Crippen molar-refractivity contribution in [2.75, 3.05) is 26.0 Å². The topological polar surface area (TPSA) is 58.6 Å². The summed E-state index contributed by atoms with van der Waals surface area (Å²) in [4.78, 5) is 28.4. The van der Waals surface area contributed by atoms with Gasteiger partial charge in [0, 0.05) is 30.4 Å². The third-order valence-corrected chi connectivity index (χ3v) is 7.56. The molecule has 0 aromatic heterocycles. The summed E-state index contributed by atoms with van der Waals surface area (Å²) in [6, 6.07) is 16.0. The number of rotatable bonds is 7. The van der Waals surface area contributed by atoms with Crippen molar-refractivity contribution in [1.82, 2.24) is 10.2 Å². The molecular formula is C26H32N2O3S. The summed E-state index contributed by atoms with van der Waals surface area (Å²) >= 11 is 1.45. The highest BCUT2D eigenvalue weighted by molar-refractivity contribution is 8.00. The van der Waals surface area contributed by atoms with E-state index in [1.54, 1.807) is 0 Å². The monoisotopic (exact) mass is 452 g/mol. The summed E-state index contributed by atoms with van der Waals surface area (Å²) in [7, 11) is 1.92. The highest BCUT2D eigenvalue weighted by Crippen LogP contribution is 2.28. The van der Waals surface area contributed by atoms with Gasteiger partial charge in [0.15, 0.2) is 0 Å². The summed E-state index contributed by atoms with van der Waals surface area (Å²) in [5, 5.41) is 3.07. The van der Waals surface area contributed by atoms with Gasteiger partial charge in [0.1, 0.15) is 5.75 Å². The van der Waals surface area contributed by atoms with E-state index in [-0.39, 0.29) is 17.7 Å². The molecule has 6 heteroatoms. The molecule has 170 valence electrons. The van der Waals surface area contributed by atoms with Gasteiger partial charge < -0.3 is 15.0 Å². The summed E-state index contributed by atoms with van der Waals surface area (Å²) < 4.78 is 5.84. The smallest absolute Gasteiger partial charge is 0.252 e. The zero-order valence-electron chi connectivity index (χ0n) is 18.7. The van der Waals surface area contributed by atoms with E-state index in [9.17, 15) is 9.59 Å². The van der Waals surface area contributed by atoms with E-state index in [0.29, 0.717) is 30.5 Å². The first kappa shape index (κ1) is 22.7. The lowest BCUT2D eigenvalue weighted by atomic mass is 9.94. The maximum absolute atomic E-state index is 12.9. The summed E-state index contributed by atoms with van der Waals surface area (Å²) in [6.07, 6.45) is 6.78. The number of benzene rings is 2. The van der Waals surface area contributed by atoms with Crippen molar-refractivity contribution in [2.45, 2.75) is 49.5 Å². The molecule has 2 aromatic rings. The molecule has 0 spiro atoms. The van der Waals surface area contributed by atoms with Gasteiger partial charge in [-0.1, -0.05) is 49.6 Å². The van der Waals surface area contributed by atoms with Crippen molar-refractivity contribution >= 4 is 23.6 Å². The molecule has 0 saturated heterocycles. The Morgan fingerprint density at radius 3 is 2.66 bits per heavy atom. The number of fused-ring (bicyclic) bond motifs is 1. The van der Waals surface area contributed by atoms with Crippen molar-refractivity contribution in [3.63, 3.8) is 0 Å². The van der Waals surface area contributed by atoms with Crippen molar-refractivity contribution in [3.05, 3.63) is 59.7 Å². The quantitative estimate of drug-likeness (QED) is 0.626. The molecule has 1 saturated carbocycles. The number of hydrogen-bond acceptors (Lipinski definition) is 4. The van der Waals surface area contributed by atoms with Crippen LogP contribution in [0.4, 0.5) is 0 Å². The Bertz CT molecular complexity index is 942. The zero-order valence-corrected chi connectivity index (χ0v) is 19.5. The molecule has 1 aliphatic carbocycles. The summed E-state index contributed by atoms with van der Waals surface area (Å²) in [5.74, 6) is 1.58. The normalized spacial score (nSPS) is 18.3. The van der Waals surface area contributed by atoms with E-state index < -0.39 is 0 Å². The van der Waals surface area contributed by atoms with E-state index in [2.05, 4.69) is 11.4 Å². The number of nitrogens with zero attached hydrogens (tertiary/aromatic N) is 1. The number of hydrogen-bond donors (Lipinski definition) is 1. The Kier molecular flexibility index (Phi) is 7.74. The minimum Gasteiger partial charge on any atom is -0.493 e. The number of carbonyl (C=O) groups excluding carboxylic acids is 2. The standard InChI is InChI=1S/C26H32N2O3S/c1-28(21-10-3-2-4-11-21)25(29)18-32-24-14-8-6-12-22(24)26(30)27-16-19-15-20-9-5-7-13-23(20)31-17-19/h5-9,12-14,19,21H,2-4,10-11,15-18H2,1H3,(H,27,30). The number of amides is 2. The molecule has 5 nitrogen and oxygen atoms in total. The van der Waals surface area contributed by atoms with E-state index >= 15 is 0 Å². The molecule has 1 fully saturated rings. The van der Waals surface area contributed by atoms with Gasteiger partial charge in [0.25, 0.3) is 5.91 Å². The van der Waals surface area contributed by atoms with Gasteiger partial charge in [-0.25, -0.2) is 0 Å². The molecule has 1 aliphatic heterocycles. The fourth-order valence-corrected chi connectivity index (χ4v) is 5.52. The van der Waals surface area contributed by atoms with Crippen LogP contribution in [-0.2, 0) is 11.2 Å². The van der Waals surface area contributed by atoms with Crippen LogP contribution >= 0.6 is 11.8 Å². The predicted molar refractivity (Wildman–Crippen MR) is 128 cm³/mol. The Morgan fingerprint density at radius 1 is 1.06 bits per heavy atom. The number of carbonyl (C=O) groups is 2. The first-order valence-electron chi connectivity index (χ1n) is 11.6. The molecule has 0 bridgehead atoms. The molecule has 2 aromatic carbocycles. The molecule has 1 atom stereocenters. The van der Waals surface area contributed by atoms with Crippen LogP contribution in [0.15, 0.2) is 53.4 Å². The molecule has 0 radical (unpaired) electrons. The van der Waals surface area contributed by atoms with Crippen LogP contribution in [0.1, 0.15) is 48.0 Å². The van der Waals surface area contributed by atoms with Gasteiger partial charge in [-0.05, 0) is 43.0 Å². The average Bonchev–Trinajstić information content (AvgIpc) is 2.86. The Morgan fingerprint density at radius 2 is 1.81 bits per heavy atom. The van der Waals surface area contributed by atoms with Crippen LogP contribution in [0.5, 0.6) is 5.75 Å². The predicted octanol–water partition coefficient (Wildman–Crippen LogP) is 4.55. The van der Waals surface area contributed by atoms with E-state index in [1.807, 2.05) is 54.4 Å². The van der Waals surface area contributed by atoms with Crippen LogP contribution in [0, 0.1) is 5.92 Å². The fraction of sp³-hybridized carbons (Fsp3) is 0.462. The Hall–Kier alpha value is -2.47. The van der Waals surface area contributed by atoms with Gasteiger partial charge in [-0.2, -0.15) is 0 Å². The second-order valence-electron chi connectivity index (χ2n) is 8.78. The number of ether oxygens (including phenoxy) is 1. The Labute approximate surface area is 194 Å². The maximum Gasteiger partial charge on any atom is 0.252 e. The molecule has 4 rings (SSSR count). The first-order valence-corrected chi connectivity index (χ1v) is 12.6. The molecule has 1 unspecified atom stereocenters. The maximum atomic E-state index is 12.9. The van der Waals surface area contributed by atoms with Crippen molar-refractivity contribution in [3.8, 4) is 5.75 Å². The molecule has 1 heterocycles. The second-order valence-corrected chi connectivity index (χ2v) is 9.80. The van der Waals surface area contributed by atoms with Crippen LogP contribution in [0.25, 0.3) is 0 Å². The van der Waals surface area contributed by atoms with E-state index in [1.165, 1.54) is 36.6 Å². The van der Waals surface area contributed by atoms with Crippen LogP contribution in [0.2, 0.25) is 0 Å². The molecular weight excluding hydrogens is 420 g/mol. The SMILES string of the molecule is CN(C(=O)CSc1ccccc1C(=O)NCC1COc2ccccc2C1)C1CCCCC1. The summed E-state index contributed by atoms with van der Waals surface area (Å²) in [5.41, 5.74) is 1.82. The van der Waals surface area contributed by atoms with Gasteiger partial charge in [-0.3, -0.25) is 9.59 Å². The first-order chi connectivity index (χ1) is 15.6. The van der Waals surface area contributed by atoms with Crippen molar-refractivity contribution in [2.24, 2.45) is 5.92 Å². The Balaban J connectivity index is 1.30. The minimum atomic E-state index is -0.0972. The van der Waals surface area contributed by atoms with Crippen molar-refractivity contribution in [1.29, 1.82) is 0 Å². The van der Waals surface area contributed by atoms with Gasteiger partial charge >= 0.3 is 0 Å². The lowest BCUT2D eigenvalue weighted by Crippen LogP contribution is -2.39. The average molecular weight is 453 g/mol. The molecule has 2 amide bonds. The lowest BCUT2D eigenvalue weighted by Gasteiger charge is -2.31. The van der Waals surface area contributed by atoms with Gasteiger partial charge in [0.2, 0.25) is 5.91 Å². The highest BCUT2D eigenvalue weighted by Gasteiger charge is 2.23. The zero-order chi connectivity index (χ0) is 22.3. The number of thioether (sulfide) groups is 1. The third-order valence-electron chi connectivity index (χ3n) is 6.51. The van der Waals surface area contributed by atoms with E-state index in [4.69, 9.17) is 4.74 Å². The van der Waals surface area contributed by atoms with Crippen LogP contribution < -0.4 is 10.1 Å². The molecule has 2 aliphatic rings. The number of nitrogens with one attached hydrogen (secondary N) is 1. The highest BCUT2D eigenvalue weighted by atomic mass is 32.2.